The van der Waals surface area contributed by atoms with Crippen LogP contribution in [0.2, 0.25) is 0 Å². The van der Waals surface area contributed by atoms with Crippen molar-refractivity contribution in [2.45, 2.75) is 56.9 Å². The number of benzene rings is 2. The van der Waals surface area contributed by atoms with Crippen molar-refractivity contribution in [1.82, 2.24) is 19.8 Å². The number of hydrogen-bond acceptors (Lipinski definition) is 9. The van der Waals surface area contributed by atoms with Crippen molar-refractivity contribution >= 4 is 27.6 Å². The van der Waals surface area contributed by atoms with Gasteiger partial charge in [0.15, 0.2) is 5.78 Å². The number of fused-ring (bicyclic) bond motifs is 8. The molecule has 0 spiro atoms. The Hall–Kier alpha value is -4.15. The molecule has 1 N–H and O–H groups in total. The Kier molecular flexibility index (Phi) is 11.0. The van der Waals surface area contributed by atoms with Crippen LogP contribution < -0.4 is 9.47 Å². The molecule has 2 aromatic carbocycles. The number of aliphatic hydroxyl groups excluding tert-OH is 1. The van der Waals surface area contributed by atoms with E-state index < -0.39 is 6.10 Å². The molecule has 6 saturated heterocycles. The van der Waals surface area contributed by atoms with Gasteiger partial charge in [-0.1, -0.05) is 12.2 Å². The van der Waals surface area contributed by atoms with Crippen molar-refractivity contribution in [3.8, 4) is 11.5 Å². The molecule has 0 radical (unpaired) electrons. The van der Waals surface area contributed by atoms with Crippen LogP contribution in [0.25, 0.3) is 21.8 Å². The molecule has 0 amide bonds. The maximum atomic E-state index is 11.7. The molecule has 6 aliphatic rings. The first kappa shape index (κ1) is 36.2. The number of piperidine rings is 6. The smallest absolute Gasteiger partial charge is 0.155 e. The molecule has 8 unspecified atom stereocenters. The Morgan fingerprint density at radius 3 is 1.83 bits per heavy atom. The third-order valence-corrected chi connectivity index (χ3v) is 12.1. The average molecular weight is 705 g/mol. The standard InChI is InChI=1S/C23H28N2O3.C20H24N2O2/c1-4-16-13-25-10-8-17(16)11-22(25)23(28-14-15(2)26)19-7-9-24-21-6-5-18(27-3)12-20(19)21;1-3-13-12-22-9-7-14(13)10-19(22)20(23)16-6-8-21-18-5-4-15(24-2)11-17(16)18/h4-7,9,12,16-17,22-23H,1,8,10-11,13-14H2,2-3H3;3-6,8,11,13-14,19-20,23H,1,7,9-10,12H2,2H3/t16?,17?,22?,23-;13?,14?,19?,20-/m11/s1. The lowest BCUT2D eigenvalue weighted by Crippen LogP contribution is -2.55. The van der Waals surface area contributed by atoms with Crippen LogP contribution in [-0.2, 0) is 9.53 Å². The molecule has 6 aliphatic heterocycles. The van der Waals surface area contributed by atoms with Gasteiger partial charge >= 0.3 is 0 Å². The molecule has 0 aliphatic carbocycles. The maximum absolute atomic E-state index is 11.7. The van der Waals surface area contributed by atoms with E-state index in [2.05, 4.69) is 45.1 Å². The predicted molar refractivity (Wildman–Crippen MR) is 204 cm³/mol. The summed E-state index contributed by atoms with van der Waals surface area (Å²) >= 11 is 0. The van der Waals surface area contributed by atoms with Gasteiger partial charge in [0.1, 0.15) is 18.1 Å². The fourth-order valence-electron chi connectivity index (χ4n) is 9.27. The number of aromatic nitrogens is 2. The van der Waals surface area contributed by atoms with Crippen LogP contribution in [0.5, 0.6) is 11.5 Å². The van der Waals surface area contributed by atoms with Crippen LogP contribution >= 0.6 is 0 Å². The van der Waals surface area contributed by atoms with Gasteiger partial charge in [-0.15, -0.1) is 13.2 Å². The summed E-state index contributed by atoms with van der Waals surface area (Å²) in [6.07, 6.45) is 11.7. The second-order valence-corrected chi connectivity index (χ2v) is 14.9. The summed E-state index contributed by atoms with van der Waals surface area (Å²) in [5.41, 5.74) is 3.84. The number of ether oxygens (including phenoxy) is 3. The molecule has 0 saturated carbocycles. The lowest BCUT2D eigenvalue weighted by Gasteiger charge is -2.51. The first-order valence-corrected chi connectivity index (χ1v) is 18.7. The van der Waals surface area contributed by atoms with Crippen molar-refractivity contribution in [2.24, 2.45) is 23.7 Å². The molecule has 9 heteroatoms. The molecule has 10 atom stereocenters. The molecule has 52 heavy (non-hydrogen) atoms. The van der Waals surface area contributed by atoms with Crippen LogP contribution in [0.1, 0.15) is 55.9 Å². The minimum absolute atomic E-state index is 0.0425. The average Bonchev–Trinajstić information content (AvgIpc) is 3.20. The molecule has 2 aromatic heterocycles. The Morgan fingerprint density at radius 1 is 0.827 bits per heavy atom. The van der Waals surface area contributed by atoms with Crippen LogP contribution in [0.4, 0.5) is 0 Å². The van der Waals surface area contributed by atoms with Gasteiger partial charge in [0.2, 0.25) is 0 Å². The van der Waals surface area contributed by atoms with Crippen LogP contribution in [-0.4, -0.2) is 89.7 Å². The fraction of sp³-hybridized carbons (Fsp3) is 0.465. The van der Waals surface area contributed by atoms with Gasteiger partial charge < -0.3 is 19.3 Å². The SMILES string of the molecule is C=CC1CN2CCC1CC2[C@H](O)c1ccnc2ccc(OC)cc12.C=CC1CN2CCC1CC2[C@H](OCC(C)=O)c1ccnc2ccc(OC)cc12. The van der Waals surface area contributed by atoms with E-state index >= 15 is 0 Å². The van der Waals surface area contributed by atoms with E-state index in [9.17, 15) is 9.90 Å². The van der Waals surface area contributed by atoms with Gasteiger partial charge in [-0.25, -0.2) is 0 Å². The number of pyridine rings is 2. The Bertz CT molecular complexity index is 1920. The number of aliphatic hydroxyl groups is 1. The molecule has 10 rings (SSSR count). The largest absolute Gasteiger partial charge is 0.497 e. The summed E-state index contributed by atoms with van der Waals surface area (Å²) in [6, 6.07) is 16.2. The predicted octanol–water partition coefficient (Wildman–Crippen LogP) is 6.96. The zero-order valence-electron chi connectivity index (χ0n) is 30.7. The lowest BCUT2D eigenvalue weighted by molar-refractivity contribution is -0.128. The highest BCUT2D eigenvalue weighted by atomic mass is 16.5. The highest BCUT2D eigenvalue weighted by Crippen LogP contribution is 2.44. The van der Waals surface area contributed by atoms with Crippen LogP contribution in [0, 0.1) is 23.7 Å². The monoisotopic (exact) mass is 704 g/mol. The quantitative estimate of drug-likeness (QED) is 0.166. The van der Waals surface area contributed by atoms with Gasteiger partial charge in [-0.3, -0.25) is 24.6 Å². The van der Waals surface area contributed by atoms with Crippen molar-refractivity contribution < 1.29 is 24.1 Å². The number of carbonyl (C=O) groups excluding carboxylic acids is 1. The van der Waals surface area contributed by atoms with E-state index in [0.29, 0.717) is 23.7 Å². The van der Waals surface area contributed by atoms with E-state index in [1.807, 2.05) is 54.7 Å². The third kappa shape index (κ3) is 7.24. The lowest BCUT2D eigenvalue weighted by atomic mass is 9.73. The van der Waals surface area contributed by atoms with Crippen molar-refractivity contribution in [2.75, 3.05) is 47.0 Å². The summed E-state index contributed by atoms with van der Waals surface area (Å²) in [5.74, 6) is 4.03. The van der Waals surface area contributed by atoms with E-state index in [4.69, 9.17) is 14.2 Å². The summed E-state index contributed by atoms with van der Waals surface area (Å²) in [5, 5.41) is 13.2. The second-order valence-electron chi connectivity index (χ2n) is 14.9. The number of methoxy groups -OCH3 is 2. The molecule has 274 valence electrons. The third-order valence-electron chi connectivity index (χ3n) is 12.1. The minimum atomic E-state index is -0.504. The molecular formula is C43H52N4O5. The van der Waals surface area contributed by atoms with E-state index in [1.165, 1.54) is 12.8 Å². The van der Waals surface area contributed by atoms with Crippen molar-refractivity contribution in [3.63, 3.8) is 0 Å². The van der Waals surface area contributed by atoms with Gasteiger partial charge in [0, 0.05) is 48.3 Å². The van der Waals surface area contributed by atoms with Gasteiger partial charge in [-0.05, 0) is 129 Å². The summed E-state index contributed by atoms with van der Waals surface area (Å²) in [6.45, 7) is 13.9. The topological polar surface area (TPSA) is 97.2 Å². The van der Waals surface area contributed by atoms with Crippen LogP contribution in [0.3, 0.4) is 0 Å². The number of hydrogen-bond donors (Lipinski definition) is 1. The molecule has 9 nitrogen and oxygen atoms in total. The highest BCUT2D eigenvalue weighted by molar-refractivity contribution is 5.85. The second kappa shape index (κ2) is 15.8. The Morgan fingerprint density at radius 2 is 1.35 bits per heavy atom. The molecular weight excluding hydrogens is 652 g/mol. The zero-order chi connectivity index (χ0) is 36.4. The van der Waals surface area contributed by atoms with E-state index in [-0.39, 0.29) is 30.6 Å². The maximum Gasteiger partial charge on any atom is 0.155 e. The molecule has 4 aromatic rings. The number of Topliss-reactive ketones (excluding diaryl/α,β-unsaturated/α-hetero) is 1. The summed E-state index contributed by atoms with van der Waals surface area (Å²) < 4.78 is 17.0. The Balaban J connectivity index is 0.000000164. The number of rotatable bonds is 11. The van der Waals surface area contributed by atoms with Gasteiger partial charge in [0.05, 0.1) is 37.5 Å². The molecule has 4 bridgehead atoms. The van der Waals surface area contributed by atoms with E-state index in [1.54, 1.807) is 27.3 Å². The first-order valence-electron chi connectivity index (χ1n) is 18.7. The molecule has 8 heterocycles. The van der Waals surface area contributed by atoms with Gasteiger partial charge in [0.25, 0.3) is 0 Å². The highest BCUT2D eigenvalue weighted by Gasteiger charge is 2.44. The fourth-order valence-corrected chi connectivity index (χ4v) is 9.27. The number of ketones is 1. The number of nitrogens with zero attached hydrogens (tertiary/aromatic N) is 4. The van der Waals surface area contributed by atoms with Crippen molar-refractivity contribution in [1.29, 1.82) is 0 Å². The summed E-state index contributed by atoms with van der Waals surface area (Å²) in [7, 11) is 3.33. The zero-order valence-corrected chi connectivity index (χ0v) is 30.7. The first-order chi connectivity index (χ1) is 25.3. The van der Waals surface area contributed by atoms with E-state index in [0.717, 1.165) is 83.5 Å². The van der Waals surface area contributed by atoms with Crippen molar-refractivity contribution in [3.05, 3.63) is 97.4 Å². The van der Waals surface area contributed by atoms with Gasteiger partial charge in [-0.2, -0.15) is 0 Å². The van der Waals surface area contributed by atoms with Crippen LogP contribution in [0.15, 0.2) is 86.2 Å². The Labute approximate surface area is 307 Å². The summed E-state index contributed by atoms with van der Waals surface area (Å²) in [4.78, 5) is 25.6. The molecule has 6 fully saturated rings. The minimum Gasteiger partial charge on any atom is -0.497 e. The number of carbonyl (C=O) groups is 1. The normalized spacial score (nSPS) is 28.8.